The first-order valence-corrected chi connectivity index (χ1v) is 17.1. The first kappa shape index (κ1) is 33.7. The monoisotopic (exact) mass is 655 g/mol. The Morgan fingerprint density at radius 1 is 0.979 bits per heavy atom. The fourth-order valence-electron chi connectivity index (χ4n) is 6.96. The van der Waals surface area contributed by atoms with Gasteiger partial charge < -0.3 is 16.0 Å². The lowest BCUT2D eigenvalue weighted by atomic mass is 9.90. The number of amides is 1. The number of likely N-dealkylation sites (N-methyl/N-ethyl adjacent to an activating group) is 1. The topological polar surface area (TPSA) is 118 Å². The molecule has 1 amide bonds. The molecule has 2 aromatic carbocycles. The van der Waals surface area contributed by atoms with Crippen molar-refractivity contribution in [2.24, 2.45) is 11.7 Å². The summed E-state index contributed by atoms with van der Waals surface area (Å²) in [6, 6.07) is 16.1. The molecule has 3 heterocycles. The zero-order valence-electron chi connectivity index (χ0n) is 28.1. The van der Waals surface area contributed by atoms with Gasteiger partial charge in [-0.15, -0.1) is 0 Å². The van der Waals surface area contributed by atoms with E-state index in [1.54, 1.807) is 6.07 Å². The minimum atomic E-state index is -0.648. The number of hydrogen-bond donors (Lipinski definition) is 2. The van der Waals surface area contributed by atoms with Crippen molar-refractivity contribution in [1.29, 1.82) is 0 Å². The summed E-state index contributed by atoms with van der Waals surface area (Å²) in [5.74, 6) is -0.829. The van der Waals surface area contributed by atoms with Gasteiger partial charge in [-0.2, -0.15) is 0 Å². The van der Waals surface area contributed by atoms with Crippen molar-refractivity contribution in [3.05, 3.63) is 93.0 Å². The first-order valence-electron chi connectivity index (χ1n) is 17.1. The second-order valence-electron chi connectivity index (χ2n) is 13.8. The molecule has 2 fully saturated rings. The van der Waals surface area contributed by atoms with E-state index in [4.69, 9.17) is 5.73 Å². The normalized spacial score (nSPS) is 20.1. The fraction of sp³-hybridized carbons (Fsp3) is 0.459. The maximum atomic E-state index is 14.5. The quantitative estimate of drug-likeness (QED) is 0.294. The Labute approximate surface area is 280 Å². The van der Waals surface area contributed by atoms with E-state index >= 15 is 0 Å². The van der Waals surface area contributed by atoms with Crippen LogP contribution in [0.25, 0.3) is 27.8 Å². The first-order chi connectivity index (χ1) is 23.1. The number of nitrogens with one attached hydrogen (secondary N) is 1. The summed E-state index contributed by atoms with van der Waals surface area (Å²) in [6.45, 7) is 9.04. The van der Waals surface area contributed by atoms with Crippen LogP contribution >= 0.6 is 0 Å². The minimum absolute atomic E-state index is 0.0136. The minimum Gasteiger partial charge on any atom is -0.352 e. The van der Waals surface area contributed by atoms with E-state index in [0.717, 1.165) is 62.5 Å². The summed E-state index contributed by atoms with van der Waals surface area (Å²) in [5.41, 5.74) is 8.76. The Bertz CT molecular complexity index is 1880. The Morgan fingerprint density at radius 3 is 2.46 bits per heavy atom. The summed E-state index contributed by atoms with van der Waals surface area (Å²) < 4.78 is 17.1. The van der Waals surface area contributed by atoms with Crippen LogP contribution in [0.15, 0.2) is 70.4 Å². The van der Waals surface area contributed by atoms with Crippen molar-refractivity contribution in [2.75, 3.05) is 33.2 Å². The van der Waals surface area contributed by atoms with Crippen LogP contribution in [0.2, 0.25) is 0 Å². The van der Waals surface area contributed by atoms with E-state index < -0.39 is 29.1 Å². The molecule has 3 N–H and O–H groups in total. The van der Waals surface area contributed by atoms with Crippen LogP contribution in [0, 0.1) is 11.7 Å². The molecule has 1 aliphatic heterocycles. The van der Waals surface area contributed by atoms with Gasteiger partial charge in [0.1, 0.15) is 5.82 Å². The third kappa shape index (κ3) is 7.28. The zero-order chi connectivity index (χ0) is 33.9. The Morgan fingerprint density at radius 2 is 1.73 bits per heavy atom. The number of pyridine rings is 1. The number of nitrogens with two attached hydrogens (primary N) is 1. The molecule has 1 aliphatic carbocycles. The van der Waals surface area contributed by atoms with Gasteiger partial charge in [0.05, 0.1) is 23.3 Å². The molecule has 254 valence electrons. The number of aromatic nitrogens is 3. The highest BCUT2D eigenvalue weighted by Gasteiger charge is 2.29. The van der Waals surface area contributed by atoms with Crippen molar-refractivity contribution in [3.8, 4) is 16.8 Å². The second kappa shape index (κ2) is 14.5. The summed E-state index contributed by atoms with van der Waals surface area (Å²) in [5, 5.41) is 3.07. The van der Waals surface area contributed by atoms with Crippen molar-refractivity contribution < 1.29 is 9.18 Å². The van der Waals surface area contributed by atoms with Gasteiger partial charge >= 0.3 is 5.69 Å². The lowest BCUT2D eigenvalue weighted by molar-refractivity contribution is -0.124. The van der Waals surface area contributed by atoms with Gasteiger partial charge in [-0.1, -0.05) is 50.2 Å². The van der Waals surface area contributed by atoms with Gasteiger partial charge in [0.25, 0.3) is 5.56 Å². The summed E-state index contributed by atoms with van der Waals surface area (Å²) >= 11 is 0. The maximum Gasteiger partial charge on any atom is 0.337 e. The van der Waals surface area contributed by atoms with Crippen LogP contribution in [0.4, 0.5) is 4.39 Å². The molecule has 48 heavy (non-hydrogen) atoms. The van der Waals surface area contributed by atoms with Crippen LogP contribution in [-0.2, 0) is 11.3 Å². The lowest BCUT2D eigenvalue weighted by Crippen LogP contribution is -2.49. The molecule has 0 spiro atoms. The van der Waals surface area contributed by atoms with Crippen LogP contribution in [-0.4, -0.2) is 75.1 Å². The predicted molar refractivity (Wildman–Crippen MR) is 187 cm³/mol. The average Bonchev–Trinajstić information content (AvgIpc) is 3.29. The molecule has 4 aromatic rings. The summed E-state index contributed by atoms with van der Waals surface area (Å²) in [6.07, 6.45) is 4.39. The van der Waals surface area contributed by atoms with Crippen LogP contribution in [0.3, 0.4) is 0 Å². The molecule has 2 aliphatic rings. The molecule has 0 radical (unpaired) electrons. The Balaban J connectivity index is 1.28. The number of rotatable bonds is 8. The van der Waals surface area contributed by atoms with Gasteiger partial charge in [-0.05, 0) is 93.0 Å². The van der Waals surface area contributed by atoms with Crippen LogP contribution in [0.5, 0.6) is 0 Å². The second-order valence-corrected chi connectivity index (χ2v) is 13.8. The number of hydrogen-bond acceptors (Lipinski definition) is 7. The van der Waals surface area contributed by atoms with Gasteiger partial charge in [-0.3, -0.25) is 19.1 Å². The lowest BCUT2D eigenvalue weighted by Gasteiger charge is -2.31. The molecule has 1 saturated heterocycles. The number of halogens is 1. The van der Waals surface area contributed by atoms with Crippen molar-refractivity contribution >= 4 is 16.9 Å². The van der Waals surface area contributed by atoms with Crippen LogP contribution in [0.1, 0.15) is 57.6 Å². The van der Waals surface area contributed by atoms with E-state index in [9.17, 15) is 18.8 Å². The molecule has 10 nitrogen and oxygen atoms in total. The van der Waals surface area contributed by atoms with E-state index in [1.165, 1.54) is 14.7 Å². The summed E-state index contributed by atoms with van der Waals surface area (Å²) in [4.78, 5) is 49.6. The zero-order valence-corrected chi connectivity index (χ0v) is 28.1. The number of carbonyl (C=O) groups excluding carboxylic acids is 1. The average molecular weight is 656 g/mol. The van der Waals surface area contributed by atoms with E-state index in [-0.39, 0.29) is 28.9 Å². The Hall–Kier alpha value is -4.19. The molecule has 1 atom stereocenters. The fourth-order valence-corrected chi connectivity index (χ4v) is 6.96. The molecule has 11 heteroatoms. The molecule has 6 rings (SSSR count). The van der Waals surface area contributed by atoms with Gasteiger partial charge in [0.2, 0.25) is 5.91 Å². The van der Waals surface area contributed by atoms with E-state index in [1.807, 2.05) is 32.0 Å². The van der Waals surface area contributed by atoms with Crippen molar-refractivity contribution in [3.63, 3.8) is 0 Å². The van der Waals surface area contributed by atoms with Crippen molar-refractivity contribution in [1.82, 2.24) is 29.2 Å². The van der Waals surface area contributed by atoms with Crippen molar-refractivity contribution in [2.45, 2.75) is 70.6 Å². The standard InChI is InChI=1S/C37H46FN7O3/c1-24(2)33(39)35(46)41-29-12-14-30(15-13-29)45-36(47)32-21-28(38)22-40-34(32)44(37(45)48)31-7-4-6-27(20-31)26-10-8-25(9-11-26)23-43-17-5-16-42(3)18-19-43/h4,6-11,20-22,24,29-30,33H,5,12-19,23,39H2,1-3H3,(H,41,46)/t29-,30+,33-/m0/s1. The van der Waals surface area contributed by atoms with Crippen LogP contribution < -0.4 is 22.3 Å². The van der Waals surface area contributed by atoms with E-state index in [0.29, 0.717) is 31.4 Å². The number of carbonyl (C=O) groups is 1. The molecular formula is C37H46FN7O3. The number of nitrogens with zero attached hydrogens (tertiary/aromatic N) is 5. The molecule has 0 bridgehead atoms. The largest absolute Gasteiger partial charge is 0.352 e. The molecule has 1 saturated carbocycles. The van der Waals surface area contributed by atoms with E-state index in [2.05, 4.69) is 51.4 Å². The Kier molecular flexibility index (Phi) is 10.2. The molecular weight excluding hydrogens is 609 g/mol. The highest BCUT2D eigenvalue weighted by molar-refractivity contribution is 5.82. The SMILES string of the molecule is CC(C)[C@H](N)C(=O)N[C@H]1CC[C@@H](n2c(=O)c3cc(F)cnc3n(-c3cccc(-c4ccc(CN5CCCN(C)CC5)cc4)c3)c2=O)CC1. The number of fused-ring (bicyclic) bond motifs is 1. The van der Waals surface area contributed by atoms with Gasteiger partial charge in [0, 0.05) is 31.7 Å². The third-order valence-electron chi connectivity index (χ3n) is 9.93. The molecule has 0 unspecified atom stereocenters. The third-order valence-corrected chi connectivity index (χ3v) is 9.93. The maximum absolute atomic E-state index is 14.5. The summed E-state index contributed by atoms with van der Waals surface area (Å²) in [7, 11) is 2.17. The van der Waals surface area contributed by atoms with Gasteiger partial charge in [0.15, 0.2) is 5.65 Å². The highest BCUT2D eigenvalue weighted by atomic mass is 19.1. The van der Waals surface area contributed by atoms with Gasteiger partial charge in [-0.25, -0.2) is 18.7 Å². The predicted octanol–water partition coefficient (Wildman–Crippen LogP) is 4.07. The number of benzene rings is 2. The smallest absolute Gasteiger partial charge is 0.337 e. The highest BCUT2D eigenvalue weighted by Crippen LogP contribution is 2.28. The molecule has 2 aromatic heterocycles.